The summed E-state index contributed by atoms with van der Waals surface area (Å²) >= 11 is 0. The number of hydrogen-bond donors (Lipinski definition) is 0. The van der Waals surface area contributed by atoms with E-state index in [9.17, 15) is 4.39 Å². The Balaban J connectivity index is 1.26. The third-order valence-corrected chi connectivity index (χ3v) is 8.92. The van der Waals surface area contributed by atoms with E-state index < -0.39 is 0 Å². The van der Waals surface area contributed by atoms with Gasteiger partial charge in [-0.3, -0.25) is 0 Å². The SMILES string of the molecule is CCCCCCCC1CCC2CC(C3CCc4c(ccc(OC)c4F)C3)CCC2C1. The Morgan fingerprint density at radius 3 is 2.40 bits per heavy atom. The molecule has 3 aliphatic rings. The minimum absolute atomic E-state index is 0.106. The predicted octanol–water partition coefficient (Wildman–Crippen LogP) is 8.13. The zero-order chi connectivity index (χ0) is 20.9. The summed E-state index contributed by atoms with van der Waals surface area (Å²) < 4.78 is 19.8. The third kappa shape index (κ3) is 5.05. The Kier molecular flexibility index (Phi) is 7.76. The zero-order valence-corrected chi connectivity index (χ0v) is 19.4. The molecule has 0 N–H and O–H groups in total. The normalized spacial score (nSPS) is 31.1. The smallest absolute Gasteiger partial charge is 0.168 e. The molecule has 1 nitrogen and oxygen atoms in total. The van der Waals surface area contributed by atoms with Crippen LogP contribution in [0.25, 0.3) is 0 Å². The van der Waals surface area contributed by atoms with Gasteiger partial charge in [-0.25, -0.2) is 4.39 Å². The third-order valence-electron chi connectivity index (χ3n) is 8.92. The number of ether oxygens (including phenoxy) is 1. The van der Waals surface area contributed by atoms with Crippen LogP contribution in [0.15, 0.2) is 12.1 Å². The first-order chi connectivity index (χ1) is 14.7. The highest BCUT2D eigenvalue weighted by atomic mass is 19.1. The summed E-state index contributed by atoms with van der Waals surface area (Å²) in [5.41, 5.74) is 2.18. The van der Waals surface area contributed by atoms with Crippen molar-refractivity contribution in [2.75, 3.05) is 7.11 Å². The largest absolute Gasteiger partial charge is 0.494 e. The highest BCUT2D eigenvalue weighted by Gasteiger charge is 2.38. The second-order valence-corrected chi connectivity index (χ2v) is 10.7. The second kappa shape index (κ2) is 10.5. The lowest BCUT2D eigenvalue weighted by Gasteiger charge is -2.45. The van der Waals surface area contributed by atoms with Crippen LogP contribution in [0.1, 0.15) is 102 Å². The molecular weight excluding hydrogens is 371 g/mol. The summed E-state index contributed by atoms with van der Waals surface area (Å²) in [6.07, 6.45) is 20.6. The first kappa shape index (κ1) is 22.2. The number of benzene rings is 1. The molecule has 0 spiro atoms. The van der Waals surface area contributed by atoms with Gasteiger partial charge in [0.15, 0.2) is 11.6 Å². The van der Waals surface area contributed by atoms with Crippen LogP contribution in [-0.4, -0.2) is 7.11 Å². The van der Waals surface area contributed by atoms with Gasteiger partial charge in [-0.2, -0.15) is 0 Å². The molecule has 2 saturated carbocycles. The summed E-state index contributed by atoms with van der Waals surface area (Å²) in [5.74, 6) is 4.95. The number of rotatable bonds is 8. The molecule has 0 saturated heterocycles. The number of methoxy groups -OCH3 is 1. The molecule has 168 valence electrons. The zero-order valence-electron chi connectivity index (χ0n) is 19.4. The minimum atomic E-state index is -0.106. The van der Waals surface area contributed by atoms with Crippen LogP contribution in [0.4, 0.5) is 4.39 Å². The molecule has 3 aliphatic carbocycles. The van der Waals surface area contributed by atoms with Crippen molar-refractivity contribution in [2.45, 2.75) is 103 Å². The summed E-state index contributed by atoms with van der Waals surface area (Å²) in [7, 11) is 1.57. The van der Waals surface area contributed by atoms with E-state index in [2.05, 4.69) is 13.0 Å². The lowest BCUT2D eigenvalue weighted by atomic mass is 9.61. The summed E-state index contributed by atoms with van der Waals surface area (Å²) in [5, 5.41) is 0. The molecule has 0 aliphatic heterocycles. The Labute approximate surface area is 184 Å². The standard InChI is InChI=1S/C28H43FO/c1-3-4-5-6-7-8-20-9-10-22-18-23(12-11-21(22)17-20)24-13-15-26-25(19-24)14-16-27(30-2)28(26)29/h14,16,20-24H,3-13,15,17-19H2,1-2H3. The molecule has 0 heterocycles. The highest BCUT2D eigenvalue weighted by molar-refractivity contribution is 5.39. The number of hydrogen-bond acceptors (Lipinski definition) is 1. The van der Waals surface area contributed by atoms with Crippen molar-refractivity contribution in [1.82, 2.24) is 0 Å². The summed E-state index contributed by atoms with van der Waals surface area (Å²) in [4.78, 5) is 0. The van der Waals surface area contributed by atoms with Gasteiger partial charge in [0.2, 0.25) is 0 Å². The molecular formula is C28H43FO. The van der Waals surface area contributed by atoms with Crippen LogP contribution in [-0.2, 0) is 12.8 Å². The van der Waals surface area contributed by atoms with Crippen LogP contribution in [0.5, 0.6) is 5.75 Å². The molecule has 0 amide bonds. The van der Waals surface area contributed by atoms with Crippen LogP contribution in [0.2, 0.25) is 0 Å². The van der Waals surface area contributed by atoms with Crippen molar-refractivity contribution in [3.63, 3.8) is 0 Å². The van der Waals surface area contributed by atoms with E-state index >= 15 is 0 Å². The fourth-order valence-corrected chi connectivity index (χ4v) is 7.13. The van der Waals surface area contributed by atoms with E-state index in [1.165, 1.54) is 89.0 Å². The molecule has 30 heavy (non-hydrogen) atoms. The maximum absolute atomic E-state index is 14.6. The van der Waals surface area contributed by atoms with Gasteiger partial charge in [0.1, 0.15) is 0 Å². The van der Waals surface area contributed by atoms with E-state index in [-0.39, 0.29) is 5.82 Å². The maximum atomic E-state index is 14.6. The lowest BCUT2D eigenvalue weighted by molar-refractivity contribution is 0.0688. The molecule has 5 unspecified atom stereocenters. The summed E-state index contributed by atoms with van der Waals surface area (Å²) in [6, 6.07) is 3.96. The van der Waals surface area contributed by atoms with Crippen LogP contribution >= 0.6 is 0 Å². The van der Waals surface area contributed by atoms with Crippen LogP contribution in [0, 0.1) is 35.4 Å². The number of fused-ring (bicyclic) bond motifs is 2. The van der Waals surface area contributed by atoms with E-state index in [1.807, 2.05) is 6.07 Å². The van der Waals surface area contributed by atoms with Crippen molar-refractivity contribution >= 4 is 0 Å². The first-order valence-corrected chi connectivity index (χ1v) is 13.0. The average molecular weight is 415 g/mol. The van der Waals surface area contributed by atoms with Gasteiger partial charge in [0, 0.05) is 0 Å². The average Bonchev–Trinajstić information content (AvgIpc) is 2.78. The van der Waals surface area contributed by atoms with Gasteiger partial charge in [0.25, 0.3) is 0 Å². The van der Waals surface area contributed by atoms with E-state index in [4.69, 9.17) is 4.74 Å². The Morgan fingerprint density at radius 2 is 1.60 bits per heavy atom. The second-order valence-electron chi connectivity index (χ2n) is 10.7. The Morgan fingerprint density at radius 1 is 0.867 bits per heavy atom. The van der Waals surface area contributed by atoms with Gasteiger partial charge in [-0.15, -0.1) is 0 Å². The fraction of sp³-hybridized carbons (Fsp3) is 0.786. The van der Waals surface area contributed by atoms with Crippen LogP contribution < -0.4 is 4.74 Å². The Hall–Kier alpha value is -1.05. The molecule has 0 bridgehead atoms. The minimum Gasteiger partial charge on any atom is -0.494 e. The molecule has 1 aromatic rings. The molecule has 2 fully saturated rings. The Bertz CT molecular complexity index is 683. The first-order valence-electron chi connectivity index (χ1n) is 13.0. The van der Waals surface area contributed by atoms with Gasteiger partial charge in [-0.05, 0) is 98.1 Å². The van der Waals surface area contributed by atoms with Gasteiger partial charge in [-0.1, -0.05) is 57.9 Å². The lowest BCUT2D eigenvalue weighted by Crippen LogP contribution is -2.35. The molecule has 5 atom stereocenters. The van der Waals surface area contributed by atoms with E-state index in [0.29, 0.717) is 5.75 Å². The number of unbranched alkanes of at least 4 members (excludes halogenated alkanes) is 4. The van der Waals surface area contributed by atoms with Crippen molar-refractivity contribution in [1.29, 1.82) is 0 Å². The van der Waals surface area contributed by atoms with Crippen molar-refractivity contribution in [3.05, 3.63) is 29.1 Å². The van der Waals surface area contributed by atoms with Crippen molar-refractivity contribution in [2.24, 2.45) is 29.6 Å². The van der Waals surface area contributed by atoms with Gasteiger partial charge < -0.3 is 4.74 Å². The van der Waals surface area contributed by atoms with Gasteiger partial charge in [0.05, 0.1) is 7.11 Å². The highest BCUT2D eigenvalue weighted by Crippen LogP contribution is 2.49. The molecule has 4 rings (SSSR count). The number of halogens is 1. The summed E-state index contributed by atoms with van der Waals surface area (Å²) in [6.45, 7) is 2.30. The van der Waals surface area contributed by atoms with Gasteiger partial charge >= 0.3 is 0 Å². The molecule has 2 heteroatoms. The molecule has 0 aromatic heterocycles. The van der Waals surface area contributed by atoms with E-state index in [1.54, 1.807) is 7.11 Å². The molecule has 0 radical (unpaired) electrons. The van der Waals surface area contributed by atoms with Crippen LogP contribution in [0.3, 0.4) is 0 Å². The van der Waals surface area contributed by atoms with E-state index in [0.717, 1.165) is 48.0 Å². The van der Waals surface area contributed by atoms with Crippen molar-refractivity contribution in [3.8, 4) is 5.75 Å². The monoisotopic (exact) mass is 414 g/mol. The predicted molar refractivity (Wildman–Crippen MR) is 124 cm³/mol. The molecule has 1 aromatic carbocycles. The fourth-order valence-electron chi connectivity index (χ4n) is 7.13. The van der Waals surface area contributed by atoms with Crippen molar-refractivity contribution < 1.29 is 9.13 Å². The topological polar surface area (TPSA) is 9.23 Å². The maximum Gasteiger partial charge on any atom is 0.168 e. The quantitative estimate of drug-likeness (QED) is 0.390.